The molecule has 2 rings (SSSR count). The minimum absolute atomic E-state index is 0.0860. The summed E-state index contributed by atoms with van der Waals surface area (Å²) in [5.41, 5.74) is -0.278. The van der Waals surface area contributed by atoms with E-state index in [0.29, 0.717) is 0 Å². The molecule has 9 heteroatoms. The molecule has 22 heavy (non-hydrogen) atoms. The number of sulfonamides is 1. The Hall–Kier alpha value is -1.47. The highest BCUT2D eigenvalue weighted by atomic mass is 35.5. The fourth-order valence-electron chi connectivity index (χ4n) is 1.67. The highest BCUT2D eigenvalue weighted by Crippen LogP contribution is 2.35. The molecule has 0 saturated carbocycles. The Morgan fingerprint density at radius 2 is 1.64 bits per heavy atom. The number of rotatable bonds is 4. The number of carbonyl (C=O) groups is 1. The van der Waals surface area contributed by atoms with Crippen molar-refractivity contribution in [2.45, 2.75) is 4.90 Å². The molecule has 0 bridgehead atoms. The number of carboxylic acids is 1. The molecule has 5 nitrogen and oxygen atoms in total. The third-order valence-electron chi connectivity index (χ3n) is 2.69. The van der Waals surface area contributed by atoms with Crippen molar-refractivity contribution in [3.05, 3.63) is 57.0 Å². The van der Waals surface area contributed by atoms with Crippen LogP contribution in [0.1, 0.15) is 10.4 Å². The quantitative estimate of drug-likeness (QED) is 0.781. The first-order valence-electron chi connectivity index (χ1n) is 5.72. The van der Waals surface area contributed by atoms with E-state index >= 15 is 0 Å². The smallest absolute Gasteiger partial charge is 0.337 e. The highest BCUT2D eigenvalue weighted by Gasteiger charge is 2.23. The number of aromatic carboxylic acids is 1. The Bertz CT molecular complexity index is 852. The second-order valence-electron chi connectivity index (χ2n) is 4.13. The lowest BCUT2D eigenvalue weighted by Gasteiger charge is -2.12. The standard InChI is InChI=1S/C13H8Cl3NO4S/c14-8-5-6-10(12(16)11(8)15)22(20,21)17-9-4-2-1-3-7(9)13(18)19/h1-6,17H,(H,18,19). The molecule has 0 aliphatic rings. The predicted molar refractivity (Wildman–Crippen MR) is 85.7 cm³/mol. The van der Waals surface area contributed by atoms with Gasteiger partial charge in [0.2, 0.25) is 0 Å². The molecule has 2 N–H and O–H groups in total. The van der Waals surface area contributed by atoms with E-state index in [9.17, 15) is 13.2 Å². The van der Waals surface area contributed by atoms with E-state index in [-0.39, 0.29) is 31.2 Å². The lowest BCUT2D eigenvalue weighted by atomic mass is 10.2. The van der Waals surface area contributed by atoms with Gasteiger partial charge in [-0.2, -0.15) is 0 Å². The van der Waals surface area contributed by atoms with Gasteiger partial charge in [0, 0.05) is 0 Å². The zero-order valence-corrected chi connectivity index (χ0v) is 13.8. The van der Waals surface area contributed by atoms with Gasteiger partial charge < -0.3 is 5.11 Å². The number of benzene rings is 2. The summed E-state index contributed by atoms with van der Waals surface area (Å²) in [4.78, 5) is 10.8. The van der Waals surface area contributed by atoms with Gasteiger partial charge in [0.1, 0.15) is 4.90 Å². The minimum atomic E-state index is -4.13. The summed E-state index contributed by atoms with van der Waals surface area (Å²) < 4.78 is 26.9. The van der Waals surface area contributed by atoms with Crippen molar-refractivity contribution in [2.75, 3.05) is 4.72 Å². The molecule has 0 unspecified atom stereocenters. The average Bonchev–Trinajstić information content (AvgIpc) is 2.44. The number of halogens is 3. The SMILES string of the molecule is O=C(O)c1ccccc1NS(=O)(=O)c1ccc(Cl)c(Cl)c1Cl. The van der Waals surface area contributed by atoms with E-state index in [4.69, 9.17) is 39.9 Å². The summed E-state index contributed by atoms with van der Waals surface area (Å²) in [5.74, 6) is -1.27. The zero-order valence-electron chi connectivity index (χ0n) is 10.7. The zero-order chi connectivity index (χ0) is 16.5. The summed E-state index contributed by atoms with van der Waals surface area (Å²) in [6, 6.07) is 8.05. The lowest BCUT2D eigenvalue weighted by Crippen LogP contribution is -2.16. The summed E-state index contributed by atoms with van der Waals surface area (Å²) in [7, 11) is -4.13. The van der Waals surface area contributed by atoms with Crippen LogP contribution in [0.3, 0.4) is 0 Å². The van der Waals surface area contributed by atoms with Crippen LogP contribution in [0.4, 0.5) is 5.69 Å². The van der Waals surface area contributed by atoms with Crippen molar-refractivity contribution < 1.29 is 18.3 Å². The highest BCUT2D eigenvalue weighted by molar-refractivity contribution is 7.92. The van der Waals surface area contributed by atoms with Crippen LogP contribution in [0.25, 0.3) is 0 Å². The van der Waals surface area contributed by atoms with Crippen LogP contribution in [-0.4, -0.2) is 19.5 Å². The van der Waals surface area contributed by atoms with Gasteiger partial charge in [-0.05, 0) is 24.3 Å². The maximum absolute atomic E-state index is 12.4. The molecule has 0 atom stereocenters. The van der Waals surface area contributed by atoms with E-state index in [1.54, 1.807) is 0 Å². The Morgan fingerprint density at radius 1 is 1.00 bits per heavy atom. The number of para-hydroxylation sites is 1. The maximum atomic E-state index is 12.4. The Kier molecular flexibility index (Phi) is 4.87. The van der Waals surface area contributed by atoms with Crippen LogP contribution in [0.15, 0.2) is 41.3 Å². The normalized spacial score (nSPS) is 11.2. The van der Waals surface area contributed by atoms with Gasteiger partial charge in [0.05, 0.1) is 26.3 Å². The molecule has 0 aliphatic heterocycles. The van der Waals surface area contributed by atoms with Crippen molar-refractivity contribution in [1.82, 2.24) is 0 Å². The third kappa shape index (κ3) is 3.30. The molecule has 2 aromatic carbocycles. The Morgan fingerprint density at radius 3 is 2.27 bits per heavy atom. The van der Waals surface area contributed by atoms with Crippen LogP contribution < -0.4 is 4.72 Å². The molecule has 0 spiro atoms. The van der Waals surface area contributed by atoms with Crippen molar-refractivity contribution in [3.63, 3.8) is 0 Å². The van der Waals surface area contributed by atoms with Gasteiger partial charge in [-0.3, -0.25) is 4.72 Å². The molecule has 0 fully saturated rings. The molecule has 0 radical (unpaired) electrons. The number of carboxylic acid groups (broad SMARTS) is 1. The number of hydrogen-bond donors (Lipinski definition) is 2. The fourth-order valence-corrected chi connectivity index (χ4v) is 3.73. The monoisotopic (exact) mass is 379 g/mol. The molecular weight excluding hydrogens is 373 g/mol. The second-order valence-corrected chi connectivity index (χ2v) is 6.94. The third-order valence-corrected chi connectivity index (χ3v) is 5.50. The van der Waals surface area contributed by atoms with Crippen LogP contribution in [0, 0.1) is 0 Å². The van der Waals surface area contributed by atoms with E-state index < -0.39 is 16.0 Å². The molecule has 116 valence electrons. The van der Waals surface area contributed by atoms with Crippen molar-refractivity contribution in [3.8, 4) is 0 Å². The van der Waals surface area contributed by atoms with Crippen LogP contribution in [-0.2, 0) is 10.0 Å². The molecule has 0 saturated heterocycles. The number of nitrogens with one attached hydrogen (secondary N) is 1. The van der Waals surface area contributed by atoms with Gasteiger partial charge in [0.15, 0.2) is 0 Å². The number of hydrogen-bond acceptors (Lipinski definition) is 3. The average molecular weight is 381 g/mol. The van der Waals surface area contributed by atoms with Crippen molar-refractivity contribution >= 4 is 56.5 Å². The van der Waals surface area contributed by atoms with E-state index in [2.05, 4.69) is 4.72 Å². The first-order valence-corrected chi connectivity index (χ1v) is 8.34. The molecule has 0 heterocycles. The largest absolute Gasteiger partial charge is 0.478 e. The van der Waals surface area contributed by atoms with Gasteiger partial charge in [-0.15, -0.1) is 0 Å². The molecule has 2 aromatic rings. The van der Waals surface area contributed by atoms with Gasteiger partial charge in [-0.25, -0.2) is 13.2 Å². The van der Waals surface area contributed by atoms with E-state index in [1.807, 2.05) is 0 Å². The lowest BCUT2D eigenvalue weighted by molar-refractivity contribution is 0.0698. The Balaban J connectivity index is 2.50. The summed E-state index contributed by atoms with van der Waals surface area (Å²) in [6.45, 7) is 0. The minimum Gasteiger partial charge on any atom is -0.478 e. The van der Waals surface area contributed by atoms with E-state index in [1.165, 1.54) is 36.4 Å². The van der Waals surface area contributed by atoms with Crippen molar-refractivity contribution in [2.24, 2.45) is 0 Å². The number of anilines is 1. The first kappa shape index (κ1) is 16.9. The van der Waals surface area contributed by atoms with Crippen molar-refractivity contribution in [1.29, 1.82) is 0 Å². The molecular formula is C13H8Cl3NO4S. The first-order chi connectivity index (χ1) is 10.2. The second kappa shape index (κ2) is 6.34. The summed E-state index contributed by atoms with van der Waals surface area (Å²) in [5, 5.41) is 8.84. The Labute approximate surface area is 141 Å². The molecule has 0 aromatic heterocycles. The van der Waals surface area contributed by atoms with Crippen LogP contribution in [0.2, 0.25) is 15.1 Å². The predicted octanol–water partition coefficient (Wildman–Crippen LogP) is 4.15. The topological polar surface area (TPSA) is 83.5 Å². The molecule has 0 amide bonds. The van der Waals surface area contributed by atoms with Gasteiger partial charge >= 0.3 is 5.97 Å². The van der Waals surface area contributed by atoms with Gasteiger partial charge in [0.25, 0.3) is 10.0 Å². The summed E-state index contributed by atoms with van der Waals surface area (Å²) in [6.07, 6.45) is 0. The van der Waals surface area contributed by atoms with Crippen LogP contribution >= 0.6 is 34.8 Å². The fraction of sp³-hybridized carbons (Fsp3) is 0. The van der Waals surface area contributed by atoms with Gasteiger partial charge in [-0.1, -0.05) is 46.9 Å². The molecule has 0 aliphatic carbocycles. The van der Waals surface area contributed by atoms with E-state index in [0.717, 1.165) is 0 Å². The maximum Gasteiger partial charge on any atom is 0.337 e. The summed E-state index contributed by atoms with van der Waals surface area (Å²) >= 11 is 17.5. The van der Waals surface area contributed by atoms with Crippen LogP contribution in [0.5, 0.6) is 0 Å².